The van der Waals surface area contributed by atoms with Gasteiger partial charge in [0.05, 0.1) is 38.3 Å². The van der Waals surface area contributed by atoms with Crippen LogP contribution in [0.25, 0.3) is 0 Å². The lowest BCUT2D eigenvalue weighted by Crippen LogP contribution is -2.21. The third-order valence-electron chi connectivity index (χ3n) is 3.61. The maximum absolute atomic E-state index is 13.3. The second-order valence-electron chi connectivity index (χ2n) is 5.17. The molecule has 0 aliphatic heterocycles. The highest BCUT2D eigenvalue weighted by atomic mass is 31.2. The van der Waals surface area contributed by atoms with Crippen LogP contribution in [0.15, 0.2) is 22.2 Å². The number of esters is 2. The second kappa shape index (κ2) is 9.75. The van der Waals surface area contributed by atoms with E-state index in [1.54, 1.807) is 13.8 Å². The van der Waals surface area contributed by atoms with Gasteiger partial charge in [-0.1, -0.05) is 0 Å². The SMILES string of the molecule is CCOP(=O)(OCC)/C1=C(C(=O)OC)/C(C(=O)OC)=C(/O)CCCC1. The number of allylic oxidation sites excluding steroid dienone is 2. The third-order valence-corrected chi connectivity index (χ3v) is 5.92. The minimum absolute atomic E-state index is 0.0229. The summed E-state index contributed by atoms with van der Waals surface area (Å²) in [7, 11) is -1.60. The number of hydrogen-bond acceptors (Lipinski definition) is 8. The van der Waals surface area contributed by atoms with Gasteiger partial charge in [-0.25, -0.2) is 9.59 Å². The number of methoxy groups -OCH3 is 2. The van der Waals surface area contributed by atoms with Crippen LogP contribution >= 0.6 is 7.60 Å². The first-order valence-electron chi connectivity index (χ1n) is 8.08. The summed E-state index contributed by atoms with van der Waals surface area (Å²) in [4.78, 5) is 24.6. The molecule has 0 heterocycles. The van der Waals surface area contributed by atoms with Gasteiger partial charge in [0.2, 0.25) is 0 Å². The van der Waals surface area contributed by atoms with Gasteiger partial charge >= 0.3 is 19.5 Å². The molecule has 0 atom stereocenters. The molecule has 0 amide bonds. The zero-order valence-electron chi connectivity index (χ0n) is 15.0. The third kappa shape index (κ3) is 4.93. The van der Waals surface area contributed by atoms with E-state index in [1.165, 1.54) is 0 Å². The van der Waals surface area contributed by atoms with E-state index in [0.29, 0.717) is 12.8 Å². The number of hydrogen-bond donors (Lipinski definition) is 1. The molecule has 0 aromatic carbocycles. The smallest absolute Gasteiger partial charge is 0.358 e. The first-order valence-corrected chi connectivity index (χ1v) is 9.62. The van der Waals surface area contributed by atoms with Gasteiger partial charge in [0.1, 0.15) is 11.3 Å². The van der Waals surface area contributed by atoms with Gasteiger partial charge in [-0.3, -0.25) is 4.57 Å². The molecule has 0 aromatic rings. The Bertz CT molecular complexity index is 610. The van der Waals surface area contributed by atoms with Crippen LogP contribution in [0.5, 0.6) is 0 Å². The van der Waals surface area contributed by atoms with Gasteiger partial charge in [0, 0.05) is 6.42 Å². The molecular formula is C16H25O8P. The molecular weight excluding hydrogens is 351 g/mol. The highest BCUT2D eigenvalue weighted by Crippen LogP contribution is 2.60. The highest BCUT2D eigenvalue weighted by molar-refractivity contribution is 7.58. The summed E-state index contributed by atoms with van der Waals surface area (Å²) in [5.74, 6) is -2.15. The summed E-state index contributed by atoms with van der Waals surface area (Å²) in [6.45, 7) is 3.44. The summed E-state index contributed by atoms with van der Waals surface area (Å²) >= 11 is 0. The molecule has 25 heavy (non-hydrogen) atoms. The second-order valence-corrected chi connectivity index (χ2v) is 7.22. The van der Waals surface area contributed by atoms with Crippen molar-refractivity contribution in [2.24, 2.45) is 0 Å². The Morgan fingerprint density at radius 1 is 0.960 bits per heavy atom. The van der Waals surface area contributed by atoms with E-state index in [2.05, 4.69) is 0 Å². The maximum atomic E-state index is 13.3. The number of rotatable bonds is 7. The Kier molecular flexibility index (Phi) is 8.35. The molecule has 142 valence electrons. The first-order chi connectivity index (χ1) is 11.9. The molecule has 1 aliphatic carbocycles. The van der Waals surface area contributed by atoms with E-state index in [9.17, 15) is 19.3 Å². The molecule has 0 saturated carbocycles. The molecule has 0 fully saturated rings. The van der Waals surface area contributed by atoms with E-state index in [-0.39, 0.29) is 48.3 Å². The summed E-state index contributed by atoms with van der Waals surface area (Å²) in [6, 6.07) is 0. The molecule has 0 saturated heterocycles. The largest absolute Gasteiger partial charge is 0.511 e. The van der Waals surface area contributed by atoms with Crippen molar-refractivity contribution in [3.05, 3.63) is 22.2 Å². The lowest BCUT2D eigenvalue weighted by Gasteiger charge is -2.25. The average Bonchev–Trinajstić information content (AvgIpc) is 2.57. The van der Waals surface area contributed by atoms with Crippen molar-refractivity contribution in [2.45, 2.75) is 39.5 Å². The van der Waals surface area contributed by atoms with Crippen molar-refractivity contribution in [3.63, 3.8) is 0 Å². The van der Waals surface area contributed by atoms with Gasteiger partial charge in [-0.2, -0.15) is 0 Å². The minimum Gasteiger partial charge on any atom is -0.511 e. The lowest BCUT2D eigenvalue weighted by molar-refractivity contribution is -0.139. The van der Waals surface area contributed by atoms with Crippen molar-refractivity contribution in [3.8, 4) is 0 Å². The van der Waals surface area contributed by atoms with E-state index in [1.807, 2.05) is 0 Å². The zero-order valence-corrected chi connectivity index (χ0v) is 15.9. The van der Waals surface area contributed by atoms with Crippen LogP contribution in [0.3, 0.4) is 0 Å². The molecule has 1 N–H and O–H groups in total. The van der Waals surface area contributed by atoms with Crippen molar-refractivity contribution in [1.29, 1.82) is 0 Å². The fourth-order valence-electron chi connectivity index (χ4n) is 2.57. The van der Waals surface area contributed by atoms with Gasteiger partial charge < -0.3 is 23.6 Å². The van der Waals surface area contributed by atoms with Crippen LogP contribution in [0, 0.1) is 0 Å². The van der Waals surface area contributed by atoms with Crippen molar-refractivity contribution in [1.82, 2.24) is 0 Å². The Morgan fingerprint density at radius 2 is 1.44 bits per heavy atom. The number of carbonyl (C=O) groups excluding carboxylic acids is 2. The fraction of sp³-hybridized carbons (Fsp3) is 0.625. The van der Waals surface area contributed by atoms with Crippen molar-refractivity contribution >= 4 is 19.5 Å². The zero-order chi connectivity index (χ0) is 19.0. The van der Waals surface area contributed by atoms with Crippen LogP contribution in [0.2, 0.25) is 0 Å². The lowest BCUT2D eigenvalue weighted by atomic mass is 9.96. The molecule has 9 heteroatoms. The fourth-order valence-corrected chi connectivity index (χ4v) is 4.55. The standard InChI is InChI=1S/C16H25O8P/c1-5-23-25(20,24-6-2)12-10-8-7-9-11(17)13(15(18)21-3)14(12)16(19)22-4/h17H,5-10H2,1-4H3/b13-11-,14-12-. The predicted molar refractivity (Wildman–Crippen MR) is 90.0 cm³/mol. The van der Waals surface area contributed by atoms with Gasteiger partial charge in [-0.15, -0.1) is 0 Å². The minimum atomic E-state index is -3.85. The molecule has 0 aromatic heterocycles. The van der Waals surface area contributed by atoms with Gasteiger partial charge in [0.15, 0.2) is 0 Å². The average molecular weight is 376 g/mol. The van der Waals surface area contributed by atoms with E-state index >= 15 is 0 Å². The maximum Gasteiger partial charge on any atom is 0.358 e. The normalized spacial score (nSPS) is 22.1. The van der Waals surface area contributed by atoms with E-state index in [4.69, 9.17) is 18.5 Å². The molecule has 0 unspecified atom stereocenters. The topological polar surface area (TPSA) is 108 Å². The molecule has 0 radical (unpaired) electrons. The summed E-state index contributed by atoms with van der Waals surface area (Å²) in [6.07, 6.45) is 1.45. The van der Waals surface area contributed by atoms with Crippen LogP contribution in [0.1, 0.15) is 39.5 Å². The summed E-state index contributed by atoms with van der Waals surface area (Å²) in [5, 5.41) is 10.3. The number of aliphatic hydroxyl groups excluding tert-OH is 1. The van der Waals surface area contributed by atoms with E-state index in [0.717, 1.165) is 14.2 Å². The Balaban J connectivity index is 3.79. The first kappa shape index (κ1) is 21.4. The van der Waals surface area contributed by atoms with Crippen molar-refractivity contribution in [2.75, 3.05) is 27.4 Å². The summed E-state index contributed by atoms with van der Waals surface area (Å²) in [5.41, 5.74) is -0.666. The van der Waals surface area contributed by atoms with Crippen LogP contribution < -0.4 is 0 Å². The van der Waals surface area contributed by atoms with Crippen molar-refractivity contribution < 1.29 is 37.8 Å². The molecule has 1 rings (SSSR count). The number of aliphatic hydroxyl groups is 1. The molecule has 8 nitrogen and oxygen atoms in total. The molecule has 1 aliphatic rings. The van der Waals surface area contributed by atoms with Gasteiger partial charge in [-0.05, 0) is 33.1 Å². The Hall–Kier alpha value is -1.63. The predicted octanol–water partition coefficient (Wildman–Crippen LogP) is 3.24. The quantitative estimate of drug-likeness (QED) is 0.533. The van der Waals surface area contributed by atoms with Crippen LogP contribution in [-0.4, -0.2) is 44.5 Å². The monoisotopic (exact) mass is 376 g/mol. The molecule has 0 bridgehead atoms. The number of carbonyl (C=O) groups is 2. The van der Waals surface area contributed by atoms with E-state index < -0.39 is 19.5 Å². The van der Waals surface area contributed by atoms with Crippen LogP contribution in [0.4, 0.5) is 0 Å². The Labute approximate surface area is 147 Å². The molecule has 0 spiro atoms. The highest BCUT2D eigenvalue weighted by Gasteiger charge is 2.39. The van der Waals surface area contributed by atoms with Crippen LogP contribution in [-0.2, 0) is 32.7 Å². The number of ether oxygens (including phenoxy) is 2. The Morgan fingerprint density at radius 3 is 1.92 bits per heavy atom. The summed E-state index contributed by atoms with van der Waals surface area (Å²) < 4.78 is 33.4. The van der Waals surface area contributed by atoms with Gasteiger partial charge in [0.25, 0.3) is 0 Å².